The summed E-state index contributed by atoms with van der Waals surface area (Å²) in [6.07, 6.45) is 3.41. The van der Waals surface area contributed by atoms with Gasteiger partial charge in [-0.3, -0.25) is 0 Å². The molecule has 1 N–H and O–H groups in total. The summed E-state index contributed by atoms with van der Waals surface area (Å²) in [4.78, 5) is 10.9. The van der Waals surface area contributed by atoms with E-state index in [0.717, 1.165) is 25.2 Å². The predicted molar refractivity (Wildman–Crippen MR) is 53.2 cm³/mol. The van der Waals surface area contributed by atoms with E-state index in [-0.39, 0.29) is 5.63 Å². The zero-order valence-electron chi connectivity index (χ0n) is 8.45. The highest BCUT2D eigenvalue weighted by atomic mass is 16.5. The summed E-state index contributed by atoms with van der Waals surface area (Å²) >= 11 is 0. The summed E-state index contributed by atoms with van der Waals surface area (Å²) in [7, 11) is 1.78. The Morgan fingerprint density at radius 2 is 2.57 bits per heavy atom. The van der Waals surface area contributed by atoms with Crippen LogP contribution in [0, 0.1) is 5.92 Å². The van der Waals surface area contributed by atoms with Crippen LogP contribution < -0.4 is 10.9 Å². The normalized spacial score (nSPS) is 22.5. The fraction of sp³-hybridized carbons (Fsp3) is 0.700. The number of aromatic nitrogens is 1. The molecule has 4 nitrogen and oxygen atoms in total. The van der Waals surface area contributed by atoms with Gasteiger partial charge in [0, 0.05) is 13.1 Å². The molecule has 1 unspecified atom stereocenters. The van der Waals surface area contributed by atoms with Gasteiger partial charge in [0.15, 0.2) is 0 Å². The molecule has 0 aliphatic carbocycles. The number of piperidine rings is 1. The first-order valence-corrected chi connectivity index (χ1v) is 5.12. The lowest BCUT2D eigenvalue weighted by Gasteiger charge is -2.22. The SMILES string of the molecule is Cn1oc(=O)cc1CC1CCCNC1. The maximum atomic E-state index is 10.9. The molecule has 1 saturated heterocycles. The Labute approximate surface area is 82.9 Å². The zero-order chi connectivity index (χ0) is 9.97. The van der Waals surface area contributed by atoms with Gasteiger partial charge in [-0.05, 0) is 38.3 Å². The van der Waals surface area contributed by atoms with E-state index < -0.39 is 0 Å². The highest BCUT2D eigenvalue weighted by molar-refractivity contribution is 5.00. The molecule has 1 atom stereocenters. The highest BCUT2D eigenvalue weighted by Gasteiger charge is 2.15. The van der Waals surface area contributed by atoms with Gasteiger partial charge >= 0.3 is 5.63 Å². The zero-order valence-corrected chi connectivity index (χ0v) is 8.45. The summed E-state index contributed by atoms with van der Waals surface area (Å²) in [6, 6.07) is 1.59. The van der Waals surface area contributed by atoms with Crippen LogP contribution in [0.25, 0.3) is 0 Å². The Morgan fingerprint density at radius 3 is 3.14 bits per heavy atom. The molecule has 2 heterocycles. The molecule has 1 aliphatic heterocycles. The van der Waals surface area contributed by atoms with Crippen molar-refractivity contribution in [3.63, 3.8) is 0 Å². The van der Waals surface area contributed by atoms with Gasteiger partial charge in [-0.15, -0.1) is 0 Å². The van der Waals surface area contributed by atoms with E-state index in [2.05, 4.69) is 5.32 Å². The van der Waals surface area contributed by atoms with E-state index in [0.29, 0.717) is 5.92 Å². The number of hydrogen-bond acceptors (Lipinski definition) is 3. The maximum Gasteiger partial charge on any atom is 0.357 e. The van der Waals surface area contributed by atoms with Crippen molar-refractivity contribution in [1.82, 2.24) is 10.1 Å². The van der Waals surface area contributed by atoms with Gasteiger partial charge < -0.3 is 9.84 Å². The number of rotatable bonds is 2. The highest BCUT2D eigenvalue weighted by Crippen LogP contribution is 2.15. The van der Waals surface area contributed by atoms with Crippen LogP contribution in [0.1, 0.15) is 18.5 Å². The third-order valence-corrected chi connectivity index (χ3v) is 2.81. The lowest BCUT2D eigenvalue weighted by atomic mass is 9.95. The smallest absolute Gasteiger partial charge is 0.337 e. The Hall–Kier alpha value is -1.03. The molecule has 0 spiro atoms. The van der Waals surface area contributed by atoms with Crippen LogP contribution in [-0.2, 0) is 13.5 Å². The van der Waals surface area contributed by atoms with Crippen molar-refractivity contribution in [2.45, 2.75) is 19.3 Å². The second kappa shape index (κ2) is 4.00. The van der Waals surface area contributed by atoms with E-state index in [1.807, 2.05) is 0 Å². The molecule has 0 amide bonds. The Balaban J connectivity index is 2.02. The van der Waals surface area contributed by atoms with Crippen molar-refractivity contribution >= 4 is 0 Å². The van der Waals surface area contributed by atoms with Gasteiger partial charge in [0.1, 0.15) is 0 Å². The molecule has 78 valence electrons. The van der Waals surface area contributed by atoms with E-state index >= 15 is 0 Å². The van der Waals surface area contributed by atoms with Crippen molar-refractivity contribution in [2.75, 3.05) is 13.1 Å². The number of aryl methyl sites for hydroxylation is 1. The minimum atomic E-state index is -0.244. The van der Waals surface area contributed by atoms with E-state index in [1.54, 1.807) is 17.9 Å². The predicted octanol–water partition coefficient (Wildman–Crippen LogP) is 0.520. The topological polar surface area (TPSA) is 47.2 Å². The summed E-state index contributed by atoms with van der Waals surface area (Å²) in [5, 5.41) is 3.36. The number of nitrogens with one attached hydrogen (secondary N) is 1. The minimum absolute atomic E-state index is 0.244. The molecule has 0 aromatic carbocycles. The lowest BCUT2D eigenvalue weighted by Crippen LogP contribution is -2.31. The summed E-state index contributed by atoms with van der Waals surface area (Å²) in [5.74, 6) is 0.645. The summed E-state index contributed by atoms with van der Waals surface area (Å²) in [6.45, 7) is 2.18. The van der Waals surface area contributed by atoms with E-state index in [1.165, 1.54) is 12.8 Å². The molecular formula is C10H16N2O2. The van der Waals surface area contributed by atoms with Crippen LogP contribution in [0.3, 0.4) is 0 Å². The molecule has 0 radical (unpaired) electrons. The van der Waals surface area contributed by atoms with Gasteiger partial charge in [-0.1, -0.05) is 0 Å². The van der Waals surface area contributed by atoms with Gasteiger partial charge in [-0.25, -0.2) is 9.53 Å². The van der Waals surface area contributed by atoms with Crippen LogP contribution in [0.5, 0.6) is 0 Å². The quantitative estimate of drug-likeness (QED) is 0.750. The fourth-order valence-corrected chi connectivity index (χ4v) is 2.03. The van der Waals surface area contributed by atoms with Crippen LogP contribution in [0.2, 0.25) is 0 Å². The molecule has 1 aromatic rings. The monoisotopic (exact) mass is 196 g/mol. The van der Waals surface area contributed by atoms with Crippen molar-refractivity contribution in [3.8, 4) is 0 Å². The first-order valence-electron chi connectivity index (χ1n) is 5.12. The van der Waals surface area contributed by atoms with Crippen molar-refractivity contribution in [3.05, 3.63) is 22.2 Å². The van der Waals surface area contributed by atoms with Crippen molar-refractivity contribution in [2.24, 2.45) is 13.0 Å². The largest absolute Gasteiger partial charge is 0.357 e. The van der Waals surface area contributed by atoms with Crippen molar-refractivity contribution < 1.29 is 4.52 Å². The molecule has 1 aromatic heterocycles. The molecule has 4 heteroatoms. The van der Waals surface area contributed by atoms with E-state index in [9.17, 15) is 4.79 Å². The van der Waals surface area contributed by atoms with Crippen LogP contribution in [0.4, 0.5) is 0 Å². The molecule has 0 saturated carbocycles. The second-order valence-electron chi connectivity index (χ2n) is 3.96. The summed E-state index contributed by atoms with van der Waals surface area (Å²) < 4.78 is 6.48. The molecule has 0 bridgehead atoms. The number of hydrogen-bond donors (Lipinski definition) is 1. The Kier molecular flexibility index (Phi) is 2.72. The van der Waals surface area contributed by atoms with Crippen LogP contribution >= 0.6 is 0 Å². The van der Waals surface area contributed by atoms with Gasteiger partial charge in [0.2, 0.25) is 0 Å². The third-order valence-electron chi connectivity index (χ3n) is 2.81. The van der Waals surface area contributed by atoms with Gasteiger partial charge in [0.05, 0.1) is 5.69 Å². The molecule has 1 fully saturated rings. The Bertz CT molecular complexity index is 347. The molecule has 2 rings (SSSR count). The van der Waals surface area contributed by atoms with Gasteiger partial charge in [-0.2, -0.15) is 0 Å². The number of nitrogens with zero attached hydrogens (tertiary/aromatic N) is 1. The van der Waals surface area contributed by atoms with Crippen molar-refractivity contribution in [1.29, 1.82) is 0 Å². The minimum Gasteiger partial charge on any atom is -0.337 e. The first-order chi connectivity index (χ1) is 6.75. The molecule has 1 aliphatic rings. The first kappa shape index (κ1) is 9.52. The maximum absolute atomic E-state index is 10.9. The van der Waals surface area contributed by atoms with E-state index in [4.69, 9.17) is 4.52 Å². The third kappa shape index (κ3) is 2.07. The summed E-state index contributed by atoms with van der Waals surface area (Å²) in [5.41, 5.74) is 0.759. The Morgan fingerprint density at radius 1 is 1.71 bits per heavy atom. The average molecular weight is 196 g/mol. The van der Waals surface area contributed by atoms with Crippen LogP contribution in [-0.4, -0.2) is 17.8 Å². The molecule has 14 heavy (non-hydrogen) atoms. The van der Waals surface area contributed by atoms with Gasteiger partial charge in [0.25, 0.3) is 0 Å². The van der Waals surface area contributed by atoms with Crippen LogP contribution in [0.15, 0.2) is 15.4 Å². The second-order valence-corrected chi connectivity index (χ2v) is 3.96. The standard InChI is InChI=1S/C10H16N2O2/c1-12-9(6-10(13)14-12)5-8-3-2-4-11-7-8/h6,8,11H,2-5,7H2,1H3. The molecular weight excluding hydrogens is 180 g/mol. The fourth-order valence-electron chi connectivity index (χ4n) is 2.03. The average Bonchev–Trinajstić information content (AvgIpc) is 2.47. The lowest BCUT2D eigenvalue weighted by molar-refractivity contribution is 0.268.